The second-order valence-corrected chi connectivity index (χ2v) is 4.86. The van der Waals surface area contributed by atoms with Crippen molar-refractivity contribution in [2.45, 2.75) is 12.6 Å². The maximum Gasteiger partial charge on any atom is 0.408 e. The highest BCUT2D eigenvalue weighted by atomic mass is 16.5. The Kier molecular flexibility index (Phi) is 5.99. The second kappa shape index (κ2) is 8.43. The minimum absolute atomic E-state index is 0.0553. The molecule has 0 heterocycles. The fraction of sp³-hybridized carbons (Fsp3) is 0.176. The van der Waals surface area contributed by atoms with Gasteiger partial charge in [0.05, 0.1) is 6.04 Å². The molecule has 0 aliphatic heterocycles. The third-order valence-electron chi connectivity index (χ3n) is 3.16. The first kappa shape index (κ1) is 16.4. The van der Waals surface area contributed by atoms with E-state index in [2.05, 4.69) is 10.6 Å². The number of hydrogen-bond acceptors (Lipinski definition) is 3. The van der Waals surface area contributed by atoms with Crippen molar-refractivity contribution in [3.63, 3.8) is 0 Å². The van der Waals surface area contributed by atoms with Crippen molar-refractivity contribution >= 4 is 12.2 Å². The first-order valence-corrected chi connectivity index (χ1v) is 7.14. The molecule has 2 aromatic carbocycles. The van der Waals surface area contributed by atoms with Gasteiger partial charge < -0.3 is 20.5 Å². The van der Waals surface area contributed by atoms with E-state index in [-0.39, 0.29) is 13.2 Å². The zero-order valence-electron chi connectivity index (χ0n) is 12.4. The van der Waals surface area contributed by atoms with Crippen LogP contribution < -0.4 is 10.6 Å². The number of benzene rings is 2. The van der Waals surface area contributed by atoms with E-state index in [4.69, 9.17) is 9.84 Å². The number of rotatable bonds is 6. The summed E-state index contributed by atoms with van der Waals surface area (Å²) in [4.78, 5) is 22.6. The lowest BCUT2D eigenvalue weighted by molar-refractivity contribution is 0.135. The van der Waals surface area contributed by atoms with E-state index in [1.807, 2.05) is 60.7 Å². The average molecular weight is 314 g/mol. The van der Waals surface area contributed by atoms with Gasteiger partial charge in [0.25, 0.3) is 0 Å². The Bertz CT molecular complexity index is 632. The van der Waals surface area contributed by atoms with Gasteiger partial charge in [-0.25, -0.2) is 9.59 Å². The zero-order valence-corrected chi connectivity index (χ0v) is 12.4. The van der Waals surface area contributed by atoms with Gasteiger partial charge >= 0.3 is 12.2 Å². The Morgan fingerprint density at radius 1 is 1.00 bits per heavy atom. The van der Waals surface area contributed by atoms with Crippen LogP contribution in [0.5, 0.6) is 0 Å². The zero-order chi connectivity index (χ0) is 16.5. The number of alkyl carbamates (subject to hydrolysis) is 1. The van der Waals surface area contributed by atoms with E-state index >= 15 is 0 Å². The standard InChI is InChI=1S/C17H18N2O4/c20-16(21)18-11-15(14-9-5-2-6-10-14)19-17(22)23-12-13-7-3-1-4-8-13/h1-10,15,18H,11-12H2,(H,19,22)(H,20,21)/t15-/m0/s1. The summed E-state index contributed by atoms with van der Waals surface area (Å²) in [6.45, 7) is 0.209. The highest BCUT2D eigenvalue weighted by molar-refractivity contribution is 5.68. The van der Waals surface area contributed by atoms with Gasteiger partial charge in [0, 0.05) is 6.54 Å². The summed E-state index contributed by atoms with van der Waals surface area (Å²) in [6.07, 6.45) is -1.75. The first-order valence-electron chi connectivity index (χ1n) is 7.14. The number of carbonyl (C=O) groups is 2. The molecule has 0 radical (unpaired) electrons. The molecule has 1 atom stereocenters. The van der Waals surface area contributed by atoms with Crippen LogP contribution in [0.4, 0.5) is 9.59 Å². The summed E-state index contributed by atoms with van der Waals surface area (Å²) >= 11 is 0. The summed E-state index contributed by atoms with van der Waals surface area (Å²) in [6, 6.07) is 17.9. The van der Waals surface area contributed by atoms with Crippen LogP contribution in [0, 0.1) is 0 Å². The molecular formula is C17H18N2O4. The van der Waals surface area contributed by atoms with E-state index in [1.165, 1.54) is 0 Å². The molecule has 6 nitrogen and oxygen atoms in total. The van der Waals surface area contributed by atoms with Gasteiger partial charge in [-0.1, -0.05) is 60.7 Å². The third-order valence-corrected chi connectivity index (χ3v) is 3.16. The van der Waals surface area contributed by atoms with Gasteiger partial charge in [-0.3, -0.25) is 0 Å². The molecule has 2 aromatic rings. The highest BCUT2D eigenvalue weighted by Crippen LogP contribution is 2.12. The molecule has 0 bridgehead atoms. The van der Waals surface area contributed by atoms with E-state index in [1.54, 1.807) is 0 Å². The van der Waals surface area contributed by atoms with E-state index in [0.29, 0.717) is 0 Å². The summed E-state index contributed by atoms with van der Waals surface area (Å²) in [5, 5.41) is 13.7. The van der Waals surface area contributed by atoms with Gasteiger partial charge in [0.1, 0.15) is 6.61 Å². The van der Waals surface area contributed by atoms with Crippen LogP contribution in [0.25, 0.3) is 0 Å². The molecule has 0 saturated carbocycles. The van der Waals surface area contributed by atoms with Crippen LogP contribution in [0.15, 0.2) is 60.7 Å². The molecule has 3 N–H and O–H groups in total. The highest BCUT2D eigenvalue weighted by Gasteiger charge is 2.16. The summed E-state index contributed by atoms with van der Waals surface area (Å²) in [5.41, 5.74) is 1.67. The molecule has 0 unspecified atom stereocenters. The van der Waals surface area contributed by atoms with Crippen LogP contribution in [0.1, 0.15) is 17.2 Å². The van der Waals surface area contributed by atoms with Gasteiger partial charge in [0.15, 0.2) is 0 Å². The number of carboxylic acid groups (broad SMARTS) is 1. The molecule has 0 aromatic heterocycles. The number of nitrogens with one attached hydrogen (secondary N) is 2. The molecule has 2 rings (SSSR count). The number of hydrogen-bond donors (Lipinski definition) is 3. The van der Waals surface area contributed by atoms with E-state index in [0.717, 1.165) is 11.1 Å². The van der Waals surface area contributed by atoms with Crippen LogP contribution in [-0.4, -0.2) is 23.8 Å². The Morgan fingerprint density at radius 3 is 2.22 bits per heavy atom. The summed E-state index contributed by atoms with van der Waals surface area (Å²) < 4.78 is 5.16. The smallest absolute Gasteiger partial charge is 0.408 e. The van der Waals surface area contributed by atoms with Gasteiger partial charge in [-0.05, 0) is 11.1 Å². The van der Waals surface area contributed by atoms with Crippen molar-refractivity contribution in [3.8, 4) is 0 Å². The Labute approximate surface area is 134 Å². The fourth-order valence-corrected chi connectivity index (χ4v) is 2.03. The molecular weight excluding hydrogens is 296 g/mol. The van der Waals surface area contributed by atoms with Gasteiger partial charge in [-0.2, -0.15) is 0 Å². The molecule has 0 aliphatic rings. The predicted octanol–water partition coefficient (Wildman–Crippen LogP) is 2.92. The molecule has 0 aliphatic carbocycles. The SMILES string of the molecule is O=C(O)NC[C@H](NC(=O)OCc1ccccc1)c1ccccc1. The monoisotopic (exact) mass is 314 g/mol. The minimum atomic E-state index is -1.15. The molecule has 23 heavy (non-hydrogen) atoms. The quantitative estimate of drug-likeness (QED) is 0.765. The molecule has 0 spiro atoms. The molecule has 0 saturated heterocycles. The normalized spacial score (nSPS) is 11.3. The summed E-state index contributed by atoms with van der Waals surface area (Å²) in [7, 11) is 0. The van der Waals surface area contributed by atoms with E-state index < -0.39 is 18.2 Å². The van der Waals surface area contributed by atoms with Gasteiger partial charge in [-0.15, -0.1) is 0 Å². The maximum absolute atomic E-state index is 11.9. The predicted molar refractivity (Wildman–Crippen MR) is 85.0 cm³/mol. The van der Waals surface area contributed by atoms with Crippen molar-refractivity contribution < 1.29 is 19.4 Å². The molecule has 2 amide bonds. The topological polar surface area (TPSA) is 87.7 Å². The van der Waals surface area contributed by atoms with Crippen molar-refractivity contribution in [1.29, 1.82) is 0 Å². The number of carbonyl (C=O) groups excluding carboxylic acids is 1. The lowest BCUT2D eigenvalue weighted by Crippen LogP contribution is -2.37. The second-order valence-electron chi connectivity index (χ2n) is 4.86. The van der Waals surface area contributed by atoms with Gasteiger partial charge in [0.2, 0.25) is 0 Å². The van der Waals surface area contributed by atoms with Crippen molar-refractivity contribution in [2.24, 2.45) is 0 Å². The number of amides is 2. The maximum atomic E-state index is 11.9. The average Bonchev–Trinajstić information content (AvgIpc) is 2.58. The third kappa shape index (κ3) is 5.70. The Morgan fingerprint density at radius 2 is 1.61 bits per heavy atom. The lowest BCUT2D eigenvalue weighted by atomic mass is 10.1. The fourth-order valence-electron chi connectivity index (χ4n) is 2.03. The van der Waals surface area contributed by atoms with E-state index in [9.17, 15) is 9.59 Å². The lowest BCUT2D eigenvalue weighted by Gasteiger charge is -2.19. The van der Waals surface area contributed by atoms with Crippen molar-refractivity contribution in [2.75, 3.05) is 6.54 Å². The molecule has 0 fully saturated rings. The largest absolute Gasteiger partial charge is 0.465 e. The molecule has 6 heteroatoms. The Hall–Kier alpha value is -3.02. The Balaban J connectivity index is 1.93. The van der Waals surface area contributed by atoms with Crippen LogP contribution >= 0.6 is 0 Å². The van der Waals surface area contributed by atoms with Crippen LogP contribution in [-0.2, 0) is 11.3 Å². The number of ether oxygens (including phenoxy) is 1. The first-order chi connectivity index (χ1) is 11.1. The van der Waals surface area contributed by atoms with Crippen LogP contribution in [0.2, 0.25) is 0 Å². The van der Waals surface area contributed by atoms with Crippen LogP contribution in [0.3, 0.4) is 0 Å². The minimum Gasteiger partial charge on any atom is -0.465 e. The van der Waals surface area contributed by atoms with Crippen molar-refractivity contribution in [3.05, 3.63) is 71.8 Å². The molecule has 120 valence electrons. The van der Waals surface area contributed by atoms with Crippen molar-refractivity contribution in [1.82, 2.24) is 10.6 Å². The summed E-state index contributed by atoms with van der Waals surface area (Å²) in [5.74, 6) is 0.